The predicted octanol–water partition coefficient (Wildman–Crippen LogP) is 3.19. The second-order valence-electron chi connectivity index (χ2n) is 6.10. The van der Waals surface area contributed by atoms with E-state index < -0.39 is 32.6 Å². The van der Waals surface area contributed by atoms with E-state index in [-0.39, 0.29) is 18.1 Å². The van der Waals surface area contributed by atoms with Crippen LogP contribution in [0.2, 0.25) is 5.02 Å². The van der Waals surface area contributed by atoms with Crippen molar-refractivity contribution in [3.8, 4) is 6.07 Å². The second-order valence-corrected chi connectivity index (χ2v) is 8.44. The number of piperazine rings is 1. The molecule has 0 aromatic heterocycles. The second kappa shape index (κ2) is 7.90. The van der Waals surface area contributed by atoms with Gasteiger partial charge in [-0.15, -0.1) is 0 Å². The average molecular weight is 412 g/mol. The van der Waals surface area contributed by atoms with Gasteiger partial charge in [0.1, 0.15) is 22.6 Å². The molecule has 0 aliphatic carbocycles. The molecule has 1 saturated heterocycles. The van der Waals surface area contributed by atoms with Gasteiger partial charge < -0.3 is 0 Å². The maximum Gasteiger partial charge on any atom is 0.246 e. The lowest BCUT2D eigenvalue weighted by molar-refractivity contribution is 0.162. The van der Waals surface area contributed by atoms with Crippen molar-refractivity contribution >= 4 is 21.6 Å². The quantitative estimate of drug-likeness (QED) is 0.775. The Morgan fingerprint density at radius 3 is 2.22 bits per heavy atom. The minimum Gasteiger partial charge on any atom is -0.282 e. The van der Waals surface area contributed by atoms with Gasteiger partial charge in [0.2, 0.25) is 10.0 Å². The zero-order valence-electron chi connectivity index (χ0n) is 14.1. The molecule has 0 radical (unpaired) electrons. The van der Waals surface area contributed by atoms with Crippen molar-refractivity contribution in [1.29, 1.82) is 5.26 Å². The van der Waals surface area contributed by atoms with Crippen LogP contribution in [0.1, 0.15) is 11.6 Å². The predicted molar refractivity (Wildman–Crippen MR) is 96.5 cm³/mol. The summed E-state index contributed by atoms with van der Waals surface area (Å²) in [6, 6.07) is 10.6. The Morgan fingerprint density at radius 2 is 1.67 bits per heavy atom. The molecule has 1 atom stereocenters. The van der Waals surface area contributed by atoms with Crippen LogP contribution in [0, 0.1) is 23.0 Å². The van der Waals surface area contributed by atoms with Crippen molar-refractivity contribution in [2.75, 3.05) is 26.2 Å². The highest BCUT2D eigenvalue weighted by atomic mass is 35.5. The number of hydrogen-bond donors (Lipinski definition) is 0. The lowest BCUT2D eigenvalue weighted by Gasteiger charge is -2.36. The third-order valence-electron chi connectivity index (χ3n) is 4.46. The van der Waals surface area contributed by atoms with Gasteiger partial charge in [-0.25, -0.2) is 17.2 Å². The summed E-state index contributed by atoms with van der Waals surface area (Å²) < 4.78 is 53.7. The number of rotatable bonds is 4. The third kappa shape index (κ3) is 4.12. The molecule has 1 aliphatic rings. The number of halogens is 3. The molecule has 5 nitrogen and oxygen atoms in total. The van der Waals surface area contributed by atoms with E-state index in [4.69, 9.17) is 11.6 Å². The van der Waals surface area contributed by atoms with E-state index >= 15 is 0 Å². The lowest BCUT2D eigenvalue weighted by Crippen LogP contribution is -2.49. The fourth-order valence-electron chi connectivity index (χ4n) is 3.04. The molecular weight excluding hydrogens is 396 g/mol. The van der Waals surface area contributed by atoms with E-state index in [1.807, 2.05) is 4.90 Å². The highest BCUT2D eigenvalue weighted by molar-refractivity contribution is 7.89. The Hall–Kier alpha value is -2.05. The summed E-state index contributed by atoms with van der Waals surface area (Å²) in [7, 11) is -4.00. The van der Waals surface area contributed by atoms with Crippen LogP contribution in [-0.4, -0.2) is 43.8 Å². The average Bonchev–Trinajstić information content (AvgIpc) is 2.64. The summed E-state index contributed by atoms with van der Waals surface area (Å²) in [6.07, 6.45) is 0. The van der Waals surface area contributed by atoms with Gasteiger partial charge in [-0.1, -0.05) is 23.7 Å². The maximum absolute atomic E-state index is 14.0. The minimum absolute atomic E-state index is 0.115. The molecule has 0 unspecified atom stereocenters. The topological polar surface area (TPSA) is 64.4 Å². The third-order valence-corrected chi connectivity index (χ3v) is 6.63. The van der Waals surface area contributed by atoms with Crippen LogP contribution in [-0.2, 0) is 10.0 Å². The molecule has 3 rings (SSSR count). The Kier molecular flexibility index (Phi) is 5.77. The van der Waals surface area contributed by atoms with E-state index in [0.29, 0.717) is 18.7 Å². The number of benzene rings is 2. The van der Waals surface area contributed by atoms with Crippen LogP contribution < -0.4 is 0 Å². The number of hydrogen-bond acceptors (Lipinski definition) is 4. The Balaban J connectivity index is 1.74. The Morgan fingerprint density at radius 1 is 1.04 bits per heavy atom. The zero-order valence-corrected chi connectivity index (χ0v) is 15.7. The number of nitrogens with zero attached hydrogens (tertiary/aromatic N) is 3. The largest absolute Gasteiger partial charge is 0.282 e. The van der Waals surface area contributed by atoms with E-state index in [2.05, 4.69) is 6.07 Å². The Bertz CT molecular complexity index is 969. The summed E-state index contributed by atoms with van der Waals surface area (Å²) >= 11 is 5.68. The van der Waals surface area contributed by atoms with Crippen molar-refractivity contribution in [3.63, 3.8) is 0 Å². The van der Waals surface area contributed by atoms with Gasteiger partial charge in [0.05, 0.1) is 6.07 Å². The van der Waals surface area contributed by atoms with E-state index in [0.717, 1.165) is 12.1 Å². The lowest BCUT2D eigenvalue weighted by atomic mass is 10.1. The molecule has 0 spiro atoms. The highest BCUT2D eigenvalue weighted by Gasteiger charge is 2.33. The summed E-state index contributed by atoms with van der Waals surface area (Å²) in [5, 5.41) is 9.61. The minimum atomic E-state index is -4.00. The van der Waals surface area contributed by atoms with Gasteiger partial charge in [-0.05, 0) is 35.9 Å². The maximum atomic E-state index is 14.0. The van der Waals surface area contributed by atoms with Gasteiger partial charge in [0.15, 0.2) is 0 Å². The van der Waals surface area contributed by atoms with Crippen molar-refractivity contribution in [3.05, 3.63) is 64.7 Å². The molecule has 0 bridgehead atoms. The van der Waals surface area contributed by atoms with Crippen LogP contribution in [0.3, 0.4) is 0 Å². The first-order valence-electron chi connectivity index (χ1n) is 8.17. The molecular formula is C18H16ClF2N3O2S. The Labute approximate surface area is 161 Å². The summed E-state index contributed by atoms with van der Waals surface area (Å²) in [4.78, 5) is 1.40. The van der Waals surface area contributed by atoms with Gasteiger partial charge in [-0.3, -0.25) is 4.90 Å². The van der Waals surface area contributed by atoms with Crippen LogP contribution in [0.15, 0.2) is 47.4 Å². The molecule has 2 aromatic rings. The van der Waals surface area contributed by atoms with Gasteiger partial charge in [0, 0.05) is 31.2 Å². The van der Waals surface area contributed by atoms with Crippen LogP contribution in [0.5, 0.6) is 0 Å². The first-order valence-corrected chi connectivity index (χ1v) is 9.99. The molecule has 142 valence electrons. The normalized spacial score (nSPS) is 17.4. The molecule has 0 saturated carbocycles. The molecule has 27 heavy (non-hydrogen) atoms. The van der Waals surface area contributed by atoms with E-state index in [1.165, 1.54) is 34.6 Å². The van der Waals surface area contributed by atoms with Gasteiger partial charge in [0.25, 0.3) is 0 Å². The first kappa shape index (κ1) is 19.7. The summed E-state index contributed by atoms with van der Waals surface area (Å²) in [5.41, 5.74) is 0.638. The monoisotopic (exact) mass is 411 g/mol. The molecule has 2 aromatic carbocycles. The van der Waals surface area contributed by atoms with Crippen molar-refractivity contribution in [2.24, 2.45) is 0 Å². The van der Waals surface area contributed by atoms with E-state index in [1.54, 1.807) is 0 Å². The fourth-order valence-corrected chi connectivity index (χ4v) is 4.66. The zero-order chi connectivity index (χ0) is 19.6. The van der Waals surface area contributed by atoms with Gasteiger partial charge >= 0.3 is 0 Å². The molecule has 1 heterocycles. The van der Waals surface area contributed by atoms with Crippen molar-refractivity contribution < 1.29 is 17.2 Å². The molecule has 0 amide bonds. The van der Waals surface area contributed by atoms with E-state index in [9.17, 15) is 22.5 Å². The standard InChI is InChI=1S/C18H16ClF2N3O2S/c19-14-3-6-18(16(21)11-14)27(25,26)24-9-7-23(8-10-24)17(12-22)13-1-4-15(20)5-2-13/h1-6,11,17H,7-10H2/t17-/m0/s1. The smallest absolute Gasteiger partial charge is 0.246 e. The number of nitriles is 1. The molecule has 0 N–H and O–H groups in total. The number of sulfonamides is 1. The molecule has 9 heteroatoms. The summed E-state index contributed by atoms with van der Waals surface area (Å²) in [5.74, 6) is -1.29. The first-order chi connectivity index (χ1) is 12.8. The summed E-state index contributed by atoms with van der Waals surface area (Å²) in [6.45, 7) is 0.821. The van der Waals surface area contributed by atoms with Crippen molar-refractivity contribution in [1.82, 2.24) is 9.21 Å². The van der Waals surface area contributed by atoms with Gasteiger partial charge in [-0.2, -0.15) is 9.57 Å². The van der Waals surface area contributed by atoms with Crippen molar-refractivity contribution in [2.45, 2.75) is 10.9 Å². The SMILES string of the molecule is N#C[C@@H](c1ccc(F)cc1)N1CCN(S(=O)(=O)c2ccc(Cl)cc2F)CC1. The molecule has 1 aliphatic heterocycles. The van der Waals surface area contributed by atoms with Crippen LogP contribution in [0.25, 0.3) is 0 Å². The van der Waals surface area contributed by atoms with Crippen LogP contribution >= 0.6 is 11.6 Å². The van der Waals surface area contributed by atoms with Crippen LogP contribution in [0.4, 0.5) is 8.78 Å². The fraction of sp³-hybridized carbons (Fsp3) is 0.278. The highest BCUT2D eigenvalue weighted by Crippen LogP contribution is 2.26. The molecule has 1 fully saturated rings.